The normalized spacial score (nSPS) is 27.2. The molecule has 0 aromatic heterocycles. The zero-order chi connectivity index (χ0) is 57.0. The first kappa shape index (κ1) is 61.8. The maximum Gasteiger partial charge on any atom is 0.306 e. The average molecular weight is 1070 g/mol. The van der Waals surface area contributed by atoms with E-state index in [9.17, 15) is 19.2 Å². The van der Waals surface area contributed by atoms with Crippen LogP contribution in [0.2, 0.25) is 0 Å². The van der Waals surface area contributed by atoms with Crippen molar-refractivity contribution in [3.63, 3.8) is 0 Å². The Balaban J connectivity index is 0.900. The predicted octanol–water partition coefficient (Wildman–Crippen LogP) is 14.9. The van der Waals surface area contributed by atoms with Crippen molar-refractivity contribution >= 4 is 23.8 Å². The maximum absolute atomic E-state index is 13.3. The lowest BCUT2D eigenvalue weighted by Gasteiger charge is -2.60. The topological polar surface area (TPSA) is 136 Å². The van der Waals surface area contributed by atoms with Crippen LogP contribution in [0.3, 0.4) is 0 Å². The highest BCUT2D eigenvalue weighted by Crippen LogP contribution is 2.49. The monoisotopic (exact) mass is 1070 g/mol. The minimum atomic E-state index is -0.403. The smallest absolute Gasteiger partial charge is 0.306 e. The molecule has 0 spiro atoms. The second-order valence-corrected chi connectivity index (χ2v) is 23.6. The van der Waals surface area contributed by atoms with Crippen LogP contribution < -0.4 is 10.6 Å². The molecule has 0 aliphatic carbocycles. The van der Waals surface area contributed by atoms with Gasteiger partial charge < -0.3 is 20.1 Å². The van der Waals surface area contributed by atoms with Crippen LogP contribution >= 0.6 is 0 Å². The van der Waals surface area contributed by atoms with Crippen LogP contribution in [-0.2, 0) is 28.7 Å². The van der Waals surface area contributed by atoms with Crippen molar-refractivity contribution in [1.29, 1.82) is 0 Å². The van der Waals surface area contributed by atoms with Crippen LogP contribution in [0.4, 0.5) is 0 Å². The van der Waals surface area contributed by atoms with Gasteiger partial charge in [0.05, 0.1) is 0 Å². The summed E-state index contributed by atoms with van der Waals surface area (Å²) in [5, 5.41) is 11.2. The molecule has 2 saturated heterocycles. The summed E-state index contributed by atoms with van der Waals surface area (Å²) in [5.41, 5.74) is 3.90. The second-order valence-electron chi connectivity index (χ2n) is 23.6. The molecule has 0 saturated carbocycles. The predicted molar refractivity (Wildman–Crippen MR) is 310 cm³/mol. The molecule has 12 unspecified atom stereocenters. The largest absolute Gasteiger partial charge is 0.458 e. The fourth-order valence-corrected chi connectivity index (χ4v) is 12.0. The Morgan fingerprint density at radius 1 is 0.474 bits per heavy atom. The van der Waals surface area contributed by atoms with E-state index in [0.717, 1.165) is 73.6 Å². The molecule has 4 aromatic carbocycles. The molecule has 0 radical (unpaired) electrons. The first-order valence-corrected chi connectivity index (χ1v) is 29.3. The first-order valence-electron chi connectivity index (χ1n) is 29.3. The number of benzene rings is 4. The van der Waals surface area contributed by atoms with Crippen molar-refractivity contribution in [2.75, 3.05) is 0 Å². The fourth-order valence-electron chi connectivity index (χ4n) is 12.0. The number of amides is 2. The van der Waals surface area contributed by atoms with E-state index in [-0.39, 0.29) is 82.0 Å². The van der Waals surface area contributed by atoms with Gasteiger partial charge >= 0.3 is 11.9 Å². The quantitative estimate of drug-likeness (QED) is 0.0488. The maximum atomic E-state index is 13.3. The zero-order valence-corrected chi connectivity index (χ0v) is 49.7. The van der Waals surface area contributed by atoms with Crippen LogP contribution in [0.15, 0.2) is 109 Å². The Morgan fingerprint density at radius 3 is 1.08 bits per heavy atom. The molecule has 12 heteroatoms. The van der Waals surface area contributed by atoms with Gasteiger partial charge in [-0.3, -0.25) is 28.9 Å². The van der Waals surface area contributed by atoms with Crippen molar-refractivity contribution in [2.24, 2.45) is 11.8 Å². The number of carbonyl (C=O) groups is 4. The van der Waals surface area contributed by atoms with Crippen LogP contribution in [0, 0.1) is 11.8 Å². The van der Waals surface area contributed by atoms with Gasteiger partial charge in [-0.1, -0.05) is 139 Å². The van der Waals surface area contributed by atoms with Gasteiger partial charge in [0.15, 0.2) is 0 Å². The number of nitrogens with one attached hydrogen (secondary N) is 2. The van der Waals surface area contributed by atoms with Crippen molar-refractivity contribution in [1.82, 2.24) is 20.8 Å². The Kier molecular flexibility index (Phi) is 21.5. The molecule has 2 N–H and O–H groups in total. The summed E-state index contributed by atoms with van der Waals surface area (Å²) in [4.78, 5) is 66.3. The molecule has 2 aliphatic rings. The summed E-state index contributed by atoms with van der Waals surface area (Å²) in [6.45, 7) is 30.2. The molecule has 12 nitrogen and oxygen atoms in total. The number of piperidine rings is 2. The lowest BCUT2D eigenvalue weighted by Crippen LogP contribution is -2.70. The summed E-state index contributed by atoms with van der Waals surface area (Å²) in [5.74, 6) is -0.320. The molecule has 2 fully saturated rings. The summed E-state index contributed by atoms with van der Waals surface area (Å²) in [7, 11) is 0. The standard InChI is InChI=1S/C66H94N4O8/c1-15-63(11)43-57(67-61(73)55-29-23-21-24-30-55)45(5)65(13,17-3)69(63)77-49(9)53-39-35-51(36-40-53)47(7)75-59(71)33-27-19-20-28-34-60(72)76-48(8)52-37-41-54(42-38-52)50(10)78-70-64(12,16-2)44-58(46(6)66(70,14)18-4)68-62(74)56-31-25-22-26-32-56/h21-26,29-32,35-42,45-50,57-58H,15-20,27-28,33-34,43-44H2,1-14H3,(H,67,73)(H,68,74). The van der Waals surface area contributed by atoms with E-state index in [4.69, 9.17) is 19.1 Å². The van der Waals surface area contributed by atoms with Gasteiger partial charge in [-0.15, -0.1) is 0 Å². The number of hydroxylamine groups is 4. The van der Waals surface area contributed by atoms with Crippen molar-refractivity contribution < 1.29 is 38.3 Å². The highest BCUT2D eigenvalue weighted by Gasteiger charge is 2.56. The molecular weight excluding hydrogens is 977 g/mol. The number of nitrogens with zero attached hydrogens (tertiary/aromatic N) is 2. The average Bonchev–Trinajstić information content (AvgIpc) is 3.59. The lowest BCUT2D eigenvalue weighted by atomic mass is 9.68. The van der Waals surface area contributed by atoms with Gasteiger partial charge in [0.1, 0.15) is 24.4 Å². The molecule has 12 atom stereocenters. The molecule has 78 heavy (non-hydrogen) atoms. The van der Waals surface area contributed by atoms with Crippen molar-refractivity contribution in [2.45, 2.75) is 233 Å². The van der Waals surface area contributed by atoms with Crippen LogP contribution in [-0.4, -0.2) is 68.1 Å². The molecule has 2 aliphatic heterocycles. The van der Waals surface area contributed by atoms with Crippen molar-refractivity contribution in [3.8, 4) is 0 Å². The Hall–Kier alpha value is -5.40. The summed E-state index contributed by atoms with van der Waals surface area (Å²) in [6.07, 6.45) is 7.26. The number of unbranched alkanes of at least 4 members (excludes halogenated alkanes) is 3. The third kappa shape index (κ3) is 14.5. The summed E-state index contributed by atoms with van der Waals surface area (Å²) < 4.78 is 11.7. The van der Waals surface area contributed by atoms with Gasteiger partial charge in [0.25, 0.3) is 11.8 Å². The van der Waals surface area contributed by atoms with Gasteiger partial charge in [-0.25, -0.2) is 0 Å². The number of hydrogen-bond acceptors (Lipinski definition) is 10. The number of rotatable bonds is 25. The minimum absolute atomic E-state index is 0.0150. The molecule has 0 bridgehead atoms. The highest BCUT2D eigenvalue weighted by atomic mass is 16.7. The third-order valence-corrected chi connectivity index (χ3v) is 18.5. The number of carbonyl (C=O) groups excluding carboxylic acids is 4. The van der Waals surface area contributed by atoms with Crippen LogP contribution in [0.25, 0.3) is 0 Å². The van der Waals surface area contributed by atoms with Gasteiger partial charge in [0, 0.05) is 58.2 Å². The number of ether oxygens (including phenoxy) is 2. The third-order valence-electron chi connectivity index (χ3n) is 18.5. The summed E-state index contributed by atoms with van der Waals surface area (Å²) in [6, 6.07) is 35.1. The van der Waals surface area contributed by atoms with E-state index in [1.165, 1.54) is 0 Å². The summed E-state index contributed by atoms with van der Waals surface area (Å²) >= 11 is 0. The minimum Gasteiger partial charge on any atom is -0.458 e. The first-order chi connectivity index (χ1) is 37.1. The van der Waals surface area contributed by atoms with Crippen molar-refractivity contribution in [3.05, 3.63) is 143 Å². The van der Waals surface area contributed by atoms with E-state index in [0.29, 0.717) is 36.8 Å². The Bertz CT molecular complexity index is 2390. The van der Waals surface area contributed by atoms with Gasteiger partial charge in [0.2, 0.25) is 0 Å². The van der Waals surface area contributed by atoms with E-state index in [2.05, 4.69) is 128 Å². The van der Waals surface area contributed by atoms with E-state index < -0.39 is 12.2 Å². The highest BCUT2D eigenvalue weighted by molar-refractivity contribution is 5.95. The number of esters is 2. The number of hydrogen-bond donors (Lipinski definition) is 2. The van der Waals surface area contributed by atoms with Gasteiger partial charge in [-0.2, -0.15) is 10.1 Å². The SMILES string of the molecule is CCC1(C)CC(NC(=O)c2ccccc2)C(C)C(C)(CC)N1OC(C)c1ccc(C(C)OC(=O)CCCCCCC(=O)OC(C)c2ccc(C(C)ON3C(C)(CC)CC(NC(=O)c4ccccc4)C(C)C3(C)CC)cc2)cc1. The zero-order valence-electron chi connectivity index (χ0n) is 49.7. The molecule has 2 heterocycles. The Labute approximate surface area is 468 Å². The molecular formula is C66H94N4O8. The van der Waals surface area contributed by atoms with Crippen LogP contribution in [0.1, 0.15) is 241 Å². The molecule has 6 rings (SSSR count). The molecule has 426 valence electrons. The lowest BCUT2D eigenvalue weighted by molar-refractivity contribution is -0.327. The fraction of sp³-hybridized carbons (Fsp3) is 0.576. The van der Waals surface area contributed by atoms with E-state index >= 15 is 0 Å². The Morgan fingerprint density at radius 2 is 0.782 bits per heavy atom. The second kappa shape index (κ2) is 27.2. The molecule has 2 amide bonds. The van der Waals surface area contributed by atoms with Crippen LogP contribution in [0.5, 0.6) is 0 Å². The van der Waals surface area contributed by atoms with Gasteiger partial charge in [-0.05, 0) is 165 Å². The molecule has 4 aromatic rings. The van der Waals surface area contributed by atoms with E-state index in [1.54, 1.807) is 0 Å². The van der Waals surface area contributed by atoms with E-state index in [1.807, 2.05) is 98.8 Å².